The number of anilines is 1. The molecule has 0 N–H and O–H groups in total. The van der Waals surface area contributed by atoms with Gasteiger partial charge in [-0.05, 0) is 57.0 Å². The fourth-order valence-corrected chi connectivity index (χ4v) is 5.81. The molecule has 1 aromatic heterocycles. The van der Waals surface area contributed by atoms with E-state index in [-0.39, 0.29) is 28.7 Å². The highest BCUT2D eigenvalue weighted by Crippen LogP contribution is 2.34. The Hall–Kier alpha value is -4.01. The van der Waals surface area contributed by atoms with E-state index in [1.54, 1.807) is 57.2 Å². The molecule has 1 atom stereocenters. The van der Waals surface area contributed by atoms with E-state index in [9.17, 15) is 19.2 Å². The summed E-state index contributed by atoms with van der Waals surface area (Å²) >= 11 is 0. The third kappa shape index (κ3) is 8.38. The normalized spacial score (nSPS) is 14.9. The molecule has 1 aliphatic rings. The molecule has 9 nitrogen and oxygen atoms in total. The van der Waals surface area contributed by atoms with Gasteiger partial charge >= 0.3 is 12.1 Å². The Kier molecular flexibility index (Phi) is 12.3. The van der Waals surface area contributed by atoms with E-state index in [4.69, 9.17) is 9.47 Å². The Morgan fingerprint density at radius 1 is 0.889 bits per heavy atom. The molecule has 242 valence electrons. The van der Waals surface area contributed by atoms with Gasteiger partial charge in [-0.3, -0.25) is 14.2 Å². The van der Waals surface area contributed by atoms with Crippen LogP contribution in [-0.4, -0.2) is 34.1 Å². The molecule has 0 bridgehead atoms. The van der Waals surface area contributed by atoms with Crippen LogP contribution < -0.4 is 10.5 Å². The lowest BCUT2D eigenvalue weighted by Gasteiger charge is -2.19. The molecule has 0 saturated carbocycles. The number of imide groups is 1. The Labute approximate surface area is 265 Å². The van der Waals surface area contributed by atoms with Crippen molar-refractivity contribution in [3.05, 3.63) is 69.8 Å². The second-order valence-electron chi connectivity index (χ2n) is 12.2. The van der Waals surface area contributed by atoms with Gasteiger partial charge in [0.25, 0.3) is 11.5 Å². The zero-order chi connectivity index (χ0) is 32.3. The van der Waals surface area contributed by atoms with Gasteiger partial charge in [0.15, 0.2) is 5.82 Å². The van der Waals surface area contributed by atoms with Crippen molar-refractivity contribution in [3.63, 3.8) is 0 Å². The molecule has 2 aromatic carbocycles. The molecule has 1 aliphatic heterocycles. The average Bonchev–Trinajstić information content (AvgIpc) is 3.32. The number of nitrogens with zero attached hydrogens (tertiary/aromatic N) is 3. The van der Waals surface area contributed by atoms with Gasteiger partial charge in [0, 0.05) is 6.04 Å². The lowest BCUT2D eigenvalue weighted by molar-refractivity contribution is -0.122. The number of aryl methyl sites for hydroxylation is 1. The van der Waals surface area contributed by atoms with Crippen molar-refractivity contribution in [2.75, 3.05) is 11.5 Å². The fraction of sp³-hybridized carbons (Fsp3) is 0.528. The molecule has 4 rings (SSSR count). The number of hydrogen-bond donors (Lipinski definition) is 0. The van der Waals surface area contributed by atoms with E-state index < -0.39 is 24.1 Å². The van der Waals surface area contributed by atoms with Gasteiger partial charge in [0.1, 0.15) is 0 Å². The van der Waals surface area contributed by atoms with Crippen LogP contribution in [0.15, 0.2) is 47.3 Å². The van der Waals surface area contributed by atoms with E-state index in [1.165, 1.54) is 68.4 Å². The van der Waals surface area contributed by atoms with E-state index in [0.29, 0.717) is 23.1 Å². The van der Waals surface area contributed by atoms with Crippen molar-refractivity contribution in [2.45, 2.75) is 117 Å². The summed E-state index contributed by atoms with van der Waals surface area (Å²) in [6, 6.07) is 11.3. The van der Waals surface area contributed by atoms with Crippen LogP contribution in [0, 0.1) is 6.92 Å². The number of carbonyl (C=O) groups excluding carboxylic acids is 3. The summed E-state index contributed by atoms with van der Waals surface area (Å²) in [6.07, 6.45) is 12.4. The number of hydrogen-bond acceptors (Lipinski definition) is 7. The van der Waals surface area contributed by atoms with Gasteiger partial charge in [0.2, 0.25) is 6.10 Å². The van der Waals surface area contributed by atoms with Crippen LogP contribution in [0.1, 0.15) is 132 Å². The number of rotatable bonds is 17. The van der Waals surface area contributed by atoms with Crippen molar-refractivity contribution >= 4 is 34.6 Å². The highest BCUT2D eigenvalue weighted by molar-refractivity contribution is 6.18. The zero-order valence-electron chi connectivity index (χ0n) is 27.2. The average molecular weight is 618 g/mol. The topological polar surface area (TPSA) is 108 Å². The number of aromatic nitrogens is 2. The molecule has 1 saturated heterocycles. The number of amides is 2. The highest BCUT2D eigenvalue weighted by atomic mass is 16.6. The molecule has 9 heteroatoms. The lowest BCUT2D eigenvalue weighted by Crippen LogP contribution is -2.33. The summed E-state index contributed by atoms with van der Waals surface area (Å²) in [6.45, 7) is 7.90. The minimum Gasteiger partial charge on any atom is -0.462 e. The summed E-state index contributed by atoms with van der Waals surface area (Å²) in [4.78, 5) is 58.4. The monoisotopic (exact) mass is 617 g/mol. The number of fused-ring (bicyclic) bond motifs is 1. The number of para-hydroxylation sites is 1. The van der Waals surface area contributed by atoms with E-state index in [0.717, 1.165) is 24.2 Å². The van der Waals surface area contributed by atoms with Gasteiger partial charge in [-0.15, -0.1) is 0 Å². The molecule has 0 aliphatic carbocycles. The van der Waals surface area contributed by atoms with Crippen molar-refractivity contribution < 1.29 is 23.9 Å². The first-order chi connectivity index (χ1) is 21.7. The minimum atomic E-state index is -1.40. The molecule has 2 heterocycles. The van der Waals surface area contributed by atoms with Crippen LogP contribution >= 0.6 is 0 Å². The number of ether oxygens (including phenoxy) is 2. The Morgan fingerprint density at radius 3 is 2.16 bits per heavy atom. The van der Waals surface area contributed by atoms with Crippen LogP contribution in [0.25, 0.3) is 10.9 Å². The Balaban J connectivity index is 1.34. The first-order valence-corrected chi connectivity index (χ1v) is 16.6. The van der Waals surface area contributed by atoms with Crippen LogP contribution in [0.5, 0.6) is 0 Å². The number of benzene rings is 2. The van der Waals surface area contributed by atoms with Gasteiger partial charge < -0.3 is 9.47 Å². The lowest BCUT2D eigenvalue weighted by atomic mass is 10.1. The molecule has 2 amide bonds. The molecular formula is C36H47N3O6. The van der Waals surface area contributed by atoms with Crippen LogP contribution in [-0.2, 0) is 14.3 Å². The standard InChI is InChI=1S/C36H47N3O6/c1-5-6-7-8-9-10-11-12-13-14-15-18-23-44-35(42)27-22-21-26(4)30(24-27)39-34(41)31(45-36(39)43)32-37-29-20-17-16-19-28(29)33(40)38(32)25(2)3/h16-17,19-22,24-25,31H,5-15,18,23H2,1-4H3. The maximum atomic E-state index is 13.7. The highest BCUT2D eigenvalue weighted by Gasteiger charge is 2.46. The maximum Gasteiger partial charge on any atom is 0.422 e. The molecule has 45 heavy (non-hydrogen) atoms. The van der Waals surface area contributed by atoms with E-state index in [2.05, 4.69) is 11.9 Å². The zero-order valence-corrected chi connectivity index (χ0v) is 27.2. The second kappa shape index (κ2) is 16.3. The van der Waals surface area contributed by atoms with E-state index >= 15 is 0 Å². The van der Waals surface area contributed by atoms with Gasteiger partial charge in [-0.2, -0.15) is 0 Å². The third-order valence-corrected chi connectivity index (χ3v) is 8.35. The summed E-state index contributed by atoms with van der Waals surface area (Å²) < 4.78 is 12.4. The Morgan fingerprint density at radius 2 is 1.51 bits per heavy atom. The summed E-state index contributed by atoms with van der Waals surface area (Å²) in [5, 5.41) is 0.411. The van der Waals surface area contributed by atoms with Gasteiger partial charge in [-0.1, -0.05) is 95.8 Å². The minimum absolute atomic E-state index is 0.0603. The molecule has 3 aromatic rings. The first-order valence-electron chi connectivity index (χ1n) is 16.6. The van der Waals surface area contributed by atoms with Gasteiger partial charge in [-0.25, -0.2) is 19.5 Å². The van der Waals surface area contributed by atoms with Crippen molar-refractivity contribution in [3.8, 4) is 0 Å². The molecule has 0 spiro atoms. The quantitative estimate of drug-likeness (QED) is 0.111. The fourth-order valence-electron chi connectivity index (χ4n) is 5.81. The molecular weight excluding hydrogens is 570 g/mol. The Bertz CT molecular complexity index is 1550. The third-order valence-electron chi connectivity index (χ3n) is 8.35. The number of unbranched alkanes of at least 4 members (excludes halogenated alkanes) is 11. The van der Waals surface area contributed by atoms with E-state index in [1.807, 2.05) is 0 Å². The largest absolute Gasteiger partial charge is 0.462 e. The first kappa shape index (κ1) is 33.9. The van der Waals surface area contributed by atoms with Crippen LogP contribution in [0.2, 0.25) is 0 Å². The van der Waals surface area contributed by atoms with Gasteiger partial charge in [0.05, 0.1) is 28.8 Å². The number of carbonyl (C=O) groups is 3. The smallest absolute Gasteiger partial charge is 0.422 e. The molecule has 1 unspecified atom stereocenters. The number of esters is 1. The molecule has 0 radical (unpaired) electrons. The molecule has 1 fully saturated rings. The van der Waals surface area contributed by atoms with Crippen LogP contribution in [0.3, 0.4) is 0 Å². The van der Waals surface area contributed by atoms with Crippen molar-refractivity contribution in [2.24, 2.45) is 0 Å². The predicted molar refractivity (Wildman–Crippen MR) is 176 cm³/mol. The SMILES string of the molecule is CCCCCCCCCCCCCCOC(=O)c1ccc(C)c(N2C(=O)OC(c3nc4ccccc4c(=O)n3C(C)C)C2=O)c1. The maximum absolute atomic E-state index is 13.7. The number of cyclic esters (lactones) is 1. The predicted octanol–water partition coefficient (Wildman–Crippen LogP) is 8.37. The second-order valence-corrected chi connectivity index (χ2v) is 12.2. The summed E-state index contributed by atoms with van der Waals surface area (Å²) in [5.41, 5.74) is 1.16. The summed E-state index contributed by atoms with van der Waals surface area (Å²) in [5.74, 6) is -1.13. The van der Waals surface area contributed by atoms with Crippen molar-refractivity contribution in [1.29, 1.82) is 0 Å². The summed E-state index contributed by atoms with van der Waals surface area (Å²) in [7, 11) is 0. The van der Waals surface area contributed by atoms with Crippen LogP contribution in [0.4, 0.5) is 10.5 Å². The van der Waals surface area contributed by atoms with Crippen molar-refractivity contribution in [1.82, 2.24) is 9.55 Å².